The van der Waals surface area contributed by atoms with Crippen LogP contribution in [0.25, 0.3) is 6.08 Å². The second-order valence-electron chi connectivity index (χ2n) is 10.3. The molecule has 3 heteroatoms. The molecule has 4 fully saturated rings. The first kappa shape index (κ1) is 18.1. The van der Waals surface area contributed by atoms with Gasteiger partial charge in [0.05, 0.1) is 6.10 Å². The summed E-state index contributed by atoms with van der Waals surface area (Å²) in [5, 5.41) is 12.3. The summed E-state index contributed by atoms with van der Waals surface area (Å²) in [7, 11) is 0. The molecule has 7 atom stereocenters. The van der Waals surface area contributed by atoms with Gasteiger partial charge >= 0.3 is 0 Å². The van der Waals surface area contributed by atoms with Gasteiger partial charge in [-0.15, -0.1) is 11.3 Å². The number of thiophene rings is 1. The average Bonchev–Trinajstić information content (AvgIpc) is 3.24. The van der Waals surface area contributed by atoms with Crippen molar-refractivity contribution in [2.24, 2.45) is 34.5 Å². The number of hydrogen-bond acceptors (Lipinski definition) is 3. The van der Waals surface area contributed by atoms with E-state index in [1.165, 1.54) is 30.6 Å². The molecular weight excluding hydrogens is 352 g/mol. The molecule has 4 aliphatic carbocycles. The van der Waals surface area contributed by atoms with Crippen LogP contribution in [-0.4, -0.2) is 17.0 Å². The highest BCUT2D eigenvalue weighted by Crippen LogP contribution is 2.66. The molecule has 1 aromatic rings. The molecule has 0 aliphatic heterocycles. The summed E-state index contributed by atoms with van der Waals surface area (Å²) in [4.78, 5) is 14.6. The van der Waals surface area contributed by atoms with Crippen molar-refractivity contribution >= 4 is 23.2 Å². The maximum Gasteiger partial charge on any atom is 0.165 e. The zero-order valence-corrected chi connectivity index (χ0v) is 17.4. The molecule has 5 rings (SSSR count). The molecule has 0 unspecified atom stereocenters. The van der Waals surface area contributed by atoms with Crippen molar-refractivity contribution in [1.82, 2.24) is 0 Å². The largest absolute Gasteiger partial charge is 0.393 e. The third kappa shape index (κ3) is 2.64. The summed E-state index contributed by atoms with van der Waals surface area (Å²) in [6, 6.07) is 4.19. The Bertz CT molecular complexity index is 765. The first-order valence-corrected chi connectivity index (χ1v) is 11.8. The Morgan fingerprint density at radius 2 is 2.00 bits per heavy atom. The van der Waals surface area contributed by atoms with Crippen molar-refractivity contribution in [3.8, 4) is 0 Å². The number of carbonyl (C=O) groups is 1. The van der Waals surface area contributed by atoms with Crippen LogP contribution in [-0.2, 0) is 4.79 Å². The summed E-state index contributed by atoms with van der Waals surface area (Å²) >= 11 is 1.73. The van der Waals surface area contributed by atoms with Crippen molar-refractivity contribution < 1.29 is 9.90 Å². The lowest BCUT2D eigenvalue weighted by Crippen LogP contribution is -2.54. The molecule has 0 aromatic carbocycles. The van der Waals surface area contributed by atoms with Gasteiger partial charge in [-0.3, -0.25) is 4.79 Å². The van der Waals surface area contributed by atoms with Crippen molar-refractivity contribution in [3.63, 3.8) is 0 Å². The summed E-state index contributed by atoms with van der Waals surface area (Å²) in [5.74, 6) is 3.09. The predicted octanol–water partition coefficient (Wildman–Crippen LogP) is 5.71. The van der Waals surface area contributed by atoms with Crippen molar-refractivity contribution in [2.75, 3.05) is 0 Å². The molecule has 27 heavy (non-hydrogen) atoms. The molecule has 0 radical (unpaired) electrons. The van der Waals surface area contributed by atoms with Gasteiger partial charge in [-0.05, 0) is 104 Å². The van der Waals surface area contributed by atoms with Crippen LogP contribution in [0, 0.1) is 34.5 Å². The number of carbonyl (C=O) groups excluding carboxylic acids is 1. The lowest BCUT2D eigenvalue weighted by Gasteiger charge is -2.59. The van der Waals surface area contributed by atoms with Gasteiger partial charge in [0, 0.05) is 10.3 Å². The van der Waals surface area contributed by atoms with Gasteiger partial charge in [0.25, 0.3) is 0 Å². The number of aliphatic hydroxyl groups excluding tert-OH is 1. The Morgan fingerprint density at radius 1 is 1.15 bits per heavy atom. The number of ketones is 1. The highest BCUT2D eigenvalue weighted by molar-refractivity contribution is 7.10. The molecule has 4 saturated carbocycles. The predicted molar refractivity (Wildman–Crippen MR) is 110 cm³/mol. The fourth-order valence-corrected chi connectivity index (χ4v) is 8.26. The lowest BCUT2D eigenvalue weighted by atomic mass is 9.45. The third-order valence-electron chi connectivity index (χ3n) is 9.14. The minimum absolute atomic E-state index is 0.0816. The normalized spacial score (nSPS) is 48.2. The van der Waals surface area contributed by atoms with Crippen LogP contribution in [0.15, 0.2) is 23.1 Å². The Hall–Kier alpha value is -0.930. The zero-order chi connectivity index (χ0) is 18.8. The third-order valence-corrected chi connectivity index (χ3v) is 9.96. The fourth-order valence-electron chi connectivity index (χ4n) is 7.58. The number of rotatable bonds is 1. The van der Waals surface area contributed by atoms with Gasteiger partial charge in [0.1, 0.15) is 0 Å². The van der Waals surface area contributed by atoms with E-state index in [4.69, 9.17) is 0 Å². The van der Waals surface area contributed by atoms with Gasteiger partial charge in [-0.25, -0.2) is 0 Å². The Balaban J connectivity index is 1.46. The van der Waals surface area contributed by atoms with Crippen LogP contribution in [0.3, 0.4) is 0 Å². The van der Waals surface area contributed by atoms with E-state index in [9.17, 15) is 9.90 Å². The quantitative estimate of drug-likeness (QED) is 0.629. The van der Waals surface area contributed by atoms with Crippen LogP contribution >= 0.6 is 11.3 Å². The van der Waals surface area contributed by atoms with Crippen LogP contribution in [0.5, 0.6) is 0 Å². The second-order valence-corrected chi connectivity index (χ2v) is 11.2. The first-order chi connectivity index (χ1) is 12.9. The topological polar surface area (TPSA) is 37.3 Å². The SMILES string of the molecule is C[C@]12CC[C@H](O)C[C@@H]1CC[C@@H]1[C@@H]2CC[C@]2(C)C(=O)/C(=C/c3cccs3)C[C@@H]12. The number of hydrogen-bond donors (Lipinski definition) is 1. The molecule has 1 N–H and O–H groups in total. The summed E-state index contributed by atoms with van der Waals surface area (Å²) in [6.45, 7) is 4.78. The van der Waals surface area contributed by atoms with Gasteiger partial charge in [-0.1, -0.05) is 19.9 Å². The van der Waals surface area contributed by atoms with E-state index in [-0.39, 0.29) is 11.5 Å². The minimum Gasteiger partial charge on any atom is -0.393 e. The van der Waals surface area contributed by atoms with Gasteiger partial charge in [0.2, 0.25) is 0 Å². The van der Waals surface area contributed by atoms with E-state index in [0.29, 0.717) is 29.0 Å². The van der Waals surface area contributed by atoms with Crippen molar-refractivity contribution in [3.05, 3.63) is 28.0 Å². The number of fused-ring (bicyclic) bond motifs is 5. The van der Waals surface area contributed by atoms with E-state index >= 15 is 0 Å². The maximum atomic E-state index is 13.4. The van der Waals surface area contributed by atoms with E-state index in [2.05, 4.69) is 37.4 Å². The first-order valence-electron chi connectivity index (χ1n) is 10.9. The summed E-state index contributed by atoms with van der Waals surface area (Å²) < 4.78 is 0. The van der Waals surface area contributed by atoms with Gasteiger partial charge in [0.15, 0.2) is 5.78 Å². The van der Waals surface area contributed by atoms with Crippen LogP contribution < -0.4 is 0 Å². The second kappa shape index (κ2) is 6.29. The Kier molecular flexibility index (Phi) is 4.22. The van der Waals surface area contributed by atoms with Gasteiger partial charge in [-0.2, -0.15) is 0 Å². The number of aliphatic hydroxyl groups is 1. The molecule has 2 nitrogen and oxygen atoms in total. The zero-order valence-electron chi connectivity index (χ0n) is 16.6. The van der Waals surface area contributed by atoms with Gasteiger partial charge < -0.3 is 5.11 Å². The molecule has 4 aliphatic rings. The molecule has 1 heterocycles. The fraction of sp³-hybridized carbons (Fsp3) is 0.708. The Labute approximate surface area is 167 Å². The van der Waals surface area contributed by atoms with Crippen LogP contribution in [0.2, 0.25) is 0 Å². The number of allylic oxidation sites excluding steroid dienone is 1. The highest BCUT2D eigenvalue weighted by atomic mass is 32.1. The smallest absolute Gasteiger partial charge is 0.165 e. The summed E-state index contributed by atoms with van der Waals surface area (Å²) in [6.07, 6.45) is 11.0. The van der Waals surface area contributed by atoms with Crippen LogP contribution in [0.4, 0.5) is 0 Å². The monoisotopic (exact) mass is 384 g/mol. The number of Topliss-reactive ketones (excluding diaryl/α,β-unsaturated/α-hetero) is 1. The summed E-state index contributed by atoms with van der Waals surface area (Å²) in [5.41, 5.74) is 1.32. The van der Waals surface area contributed by atoms with Crippen LogP contribution in [0.1, 0.15) is 70.1 Å². The van der Waals surface area contributed by atoms with E-state index < -0.39 is 0 Å². The standard InChI is InChI=1S/C24H32O2S/c1-23-9-7-17(25)14-16(23)5-6-19-20(23)8-10-24(2)21(19)13-15(22(24)26)12-18-4-3-11-27-18/h3-4,11-12,16-17,19-21,25H,5-10,13-14H2,1-2H3/b15-12+/t16-,17-,19+,20-,21-,23-,24-/m0/s1. The molecule has 0 spiro atoms. The minimum atomic E-state index is -0.137. The molecule has 0 saturated heterocycles. The maximum absolute atomic E-state index is 13.4. The lowest BCUT2D eigenvalue weighted by molar-refractivity contribution is -0.141. The highest BCUT2D eigenvalue weighted by Gasteiger charge is 2.61. The van der Waals surface area contributed by atoms with Crippen molar-refractivity contribution in [1.29, 1.82) is 0 Å². The Morgan fingerprint density at radius 3 is 2.78 bits per heavy atom. The molecule has 0 bridgehead atoms. The molecule has 146 valence electrons. The average molecular weight is 385 g/mol. The molecule has 0 amide bonds. The van der Waals surface area contributed by atoms with E-state index in [1.54, 1.807) is 11.3 Å². The molecular formula is C24H32O2S. The molecule has 1 aromatic heterocycles. The van der Waals surface area contributed by atoms with E-state index in [1.807, 2.05) is 0 Å². The van der Waals surface area contributed by atoms with E-state index in [0.717, 1.165) is 37.2 Å². The van der Waals surface area contributed by atoms with Crippen molar-refractivity contribution in [2.45, 2.75) is 71.3 Å².